The van der Waals surface area contributed by atoms with E-state index in [-0.39, 0.29) is 24.4 Å². The molecule has 1 amide bonds. The molecule has 0 bridgehead atoms. The lowest BCUT2D eigenvalue weighted by molar-refractivity contribution is 0.00844. The van der Waals surface area contributed by atoms with Crippen LogP contribution in [0.4, 0.5) is 0 Å². The summed E-state index contributed by atoms with van der Waals surface area (Å²) in [5.74, 6) is 0.108. The van der Waals surface area contributed by atoms with Gasteiger partial charge in [0.05, 0.1) is 6.10 Å². The third-order valence-electron chi connectivity index (χ3n) is 3.85. The van der Waals surface area contributed by atoms with Crippen molar-refractivity contribution in [3.8, 4) is 0 Å². The summed E-state index contributed by atoms with van der Waals surface area (Å²) in [5, 5.41) is 0. The maximum atomic E-state index is 12.5. The molecule has 2 rings (SSSR count). The summed E-state index contributed by atoms with van der Waals surface area (Å²) in [7, 11) is 0. The molecule has 0 atom stereocenters. The second-order valence-corrected chi connectivity index (χ2v) is 6.32. The van der Waals surface area contributed by atoms with Gasteiger partial charge >= 0.3 is 0 Å². The topological polar surface area (TPSA) is 55.6 Å². The monoisotopic (exact) mass is 390 g/mol. The number of hydrogen-bond acceptors (Lipinski definition) is 3. The third kappa shape index (κ3) is 5.23. The Hall–Kier alpha value is -0.620. The predicted octanol–water partition coefficient (Wildman–Crippen LogP) is 3.15. The number of carbonyl (C=O) groups is 1. The van der Waals surface area contributed by atoms with Crippen LogP contribution >= 0.6 is 28.3 Å². The summed E-state index contributed by atoms with van der Waals surface area (Å²) in [6, 6.07) is 5.77. The van der Waals surface area contributed by atoms with Gasteiger partial charge in [-0.05, 0) is 50.4 Å². The molecule has 1 aliphatic heterocycles. The summed E-state index contributed by atoms with van der Waals surface area (Å²) in [5.41, 5.74) is 7.34. The molecule has 22 heavy (non-hydrogen) atoms. The van der Waals surface area contributed by atoms with Crippen LogP contribution in [0.5, 0.6) is 0 Å². The fraction of sp³-hybridized carbons (Fsp3) is 0.562. The number of piperidine rings is 1. The van der Waals surface area contributed by atoms with E-state index in [9.17, 15) is 4.79 Å². The molecule has 1 aromatic carbocycles. The Bertz CT molecular complexity index is 491. The fourth-order valence-corrected chi connectivity index (χ4v) is 2.85. The lowest BCUT2D eigenvalue weighted by Crippen LogP contribution is -2.41. The Balaban J connectivity index is 0.00000242. The number of rotatable bonds is 5. The number of ether oxygens (including phenoxy) is 1. The van der Waals surface area contributed by atoms with Gasteiger partial charge in [0, 0.05) is 29.7 Å². The maximum absolute atomic E-state index is 12.5. The van der Waals surface area contributed by atoms with Crippen LogP contribution in [0.2, 0.25) is 0 Å². The molecular weight excluding hydrogens is 368 g/mol. The number of hydrogen-bond donors (Lipinski definition) is 1. The van der Waals surface area contributed by atoms with Gasteiger partial charge in [-0.3, -0.25) is 4.79 Å². The highest BCUT2D eigenvalue weighted by atomic mass is 79.9. The van der Waals surface area contributed by atoms with E-state index in [1.54, 1.807) is 0 Å². The van der Waals surface area contributed by atoms with Crippen molar-refractivity contribution in [1.82, 2.24) is 4.90 Å². The van der Waals surface area contributed by atoms with Gasteiger partial charge in [0.1, 0.15) is 0 Å². The molecule has 6 heteroatoms. The average Bonchev–Trinajstić information content (AvgIpc) is 2.50. The van der Waals surface area contributed by atoms with Crippen molar-refractivity contribution < 1.29 is 9.53 Å². The number of nitrogens with zero attached hydrogens (tertiary/aromatic N) is 1. The first-order valence-corrected chi connectivity index (χ1v) is 8.28. The molecule has 4 nitrogen and oxygen atoms in total. The van der Waals surface area contributed by atoms with Gasteiger partial charge < -0.3 is 15.4 Å². The van der Waals surface area contributed by atoms with Crippen LogP contribution in [0, 0.1) is 6.92 Å². The molecule has 1 heterocycles. The van der Waals surface area contributed by atoms with Gasteiger partial charge in [0.15, 0.2) is 0 Å². The SMILES string of the molecule is Cc1ccc(C(=O)N2CCC(OCCCN)CC2)cc1Br.Cl. The maximum Gasteiger partial charge on any atom is 0.253 e. The minimum absolute atomic E-state index is 0. The van der Waals surface area contributed by atoms with Gasteiger partial charge in [-0.25, -0.2) is 0 Å². The standard InChI is InChI=1S/C16H23BrN2O2.ClH/c1-12-3-4-13(11-15(12)17)16(20)19-8-5-14(6-9-19)21-10-2-7-18;/h3-4,11,14H,2,5-10,18H2,1H3;1H. The zero-order valence-corrected chi connectivity index (χ0v) is 15.3. The van der Waals surface area contributed by atoms with Crippen LogP contribution in [0.25, 0.3) is 0 Å². The van der Waals surface area contributed by atoms with E-state index in [0.717, 1.165) is 54.6 Å². The number of benzene rings is 1. The lowest BCUT2D eigenvalue weighted by Gasteiger charge is -2.32. The number of halogens is 2. The zero-order valence-electron chi connectivity index (χ0n) is 12.9. The highest BCUT2D eigenvalue weighted by Gasteiger charge is 2.24. The Morgan fingerprint density at radius 2 is 2.09 bits per heavy atom. The number of aryl methyl sites for hydroxylation is 1. The van der Waals surface area contributed by atoms with Crippen molar-refractivity contribution >= 4 is 34.2 Å². The highest BCUT2D eigenvalue weighted by molar-refractivity contribution is 9.10. The van der Waals surface area contributed by atoms with Gasteiger partial charge in [-0.1, -0.05) is 22.0 Å². The van der Waals surface area contributed by atoms with Crippen molar-refractivity contribution in [3.05, 3.63) is 33.8 Å². The quantitative estimate of drug-likeness (QED) is 0.785. The molecule has 1 aliphatic rings. The molecule has 1 saturated heterocycles. The first-order valence-electron chi connectivity index (χ1n) is 7.49. The molecular formula is C16H24BrClN2O2. The molecule has 1 aromatic rings. The largest absolute Gasteiger partial charge is 0.378 e. The molecule has 124 valence electrons. The van der Waals surface area contributed by atoms with Crippen LogP contribution in [-0.2, 0) is 4.74 Å². The van der Waals surface area contributed by atoms with E-state index < -0.39 is 0 Å². The minimum atomic E-state index is 0. The average molecular weight is 392 g/mol. The molecule has 2 N–H and O–H groups in total. The summed E-state index contributed by atoms with van der Waals surface area (Å²) in [4.78, 5) is 14.4. The van der Waals surface area contributed by atoms with E-state index in [4.69, 9.17) is 10.5 Å². The molecule has 0 unspecified atom stereocenters. The van der Waals surface area contributed by atoms with E-state index in [1.165, 1.54) is 0 Å². The van der Waals surface area contributed by atoms with Crippen molar-refractivity contribution in [1.29, 1.82) is 0 Å². The number of likely N-dealkylation sites (tertiary alicyclic amines) is 1. The molecule has 0 saturated carbocycles. The Kier molecular flexibility index (Phi) is 8.39. The summed E-state index contributed by atoms with van der Waals surface area (Å²) < 4.78 is 6.75. The number of carbonyl (C=O) groups excluding carboxylic acids is 1. The number of nitrogens with two attached hydrogens (primary N) is 1. The normalized spacial score (nSPS) is 15.5. The summed E-state index contributed by atoms with van der Waals surface area (Å²) >= 11 is 3.48. The van der Waals surface area contributed by atoms with E-state index >= 15 is 0 Å². The van der Waals surface area contributed by atoms with Crippen LogP contribution in [-0.4, -0.2) is 43.2 Å². The van der Waals surface area contributed by atoms with E-state index in [2.05, 4.69) is 15.9 Å². The molecule has 0 aromatic heterocycles. The molecule has 0 spiro atoms. The van der Waals surface area contributed by atoms with Crippen LogP contribution in [0.1, 0.15) is 35.2 Å². The molecule has 0 aliphatic carbocycles. The summed E-state index contributed by atoms with van der Waals surface area (Å²) in [6.45, 7) is 4.93. The summed E-state index contributed by atoms with van der Waals surface area (Å²) in [6.07, 6.45) is 2.98. The van der Waals surface area contributed by atoms with E-state index in [0.29, 0.717) is 6.54 Å². The van der Waals surface area contributed by atoms with Crippen molar-refractivity contribution in [2.45, 2.75) is 32.3 Å². The molecule has 0 radical (unpaired) electrons. The first-order chi connectivity index (χ1) is 10.1. The second kappa shape index (κ2) is 9.50. The van der Waals surface area contributed by atoms with Crippen molar-refractivity contribution in [2.75, 3.05) is 26.2 Å². The number of amides is 1. The van der Waals surface area contributed by atoms with Gasteiger partial charge in [0.25, 0.3) is 5.91 Å². The lowest BCUT2D eigenvalue weighted by atomic mass is 10.1. The van der Waals surface area contributed by atoms with Crippen molar-refractivity contribution in [2.24, 2.45) is 5.73 Å². The van der Waals surface area contributed by atoms with Gasteiger partial charge in [-0.15, -0.1) is 12.4 Å². The van der Waals surface area contributed by atoms with Gasteiger partial charge in [-0.2, -0.15) is 0 Å². The van der Waals surface area contributed by atoms with Crippen molar-refractivity contribution in [3.63, 3.8) is 0 Å². The zero-order chi connectivity index (χ0) is 15.2. The molecule has 1 fully saturated rings. The Labute approximate surface area is 146 Å². The Morgan fingerprint density at radius 3 is 2.68 bits per heavy atom. The Morgan fingerprint density at radius 1 is 1.41 bits per heavy atom. The predicted molar refractivity (Wildman–Crippen MR) is 94.7 cm³/mol. The first kappa shape index (κ1) is 19.4. The van der Waals surface area contributed by atoms with Crippen LogP contribution in [0.3, 0.4) is 0 Å². The fourth-order valence-electron chi connectivity index (χ4n) is 2.47. The highest BCUT2D eigenvalue weighted by Crippen LogP contribution is 2.21. The third-order valence-corrected chi connectivity index (χ3v) is 4.70. The minimum Gasteiger partial charge on any atom is -0.378 e. The van der Waals surface area contributed by atoms with Gasteiger partial charge in [0.2, 0.25) is 0 Å². The van der Waals surface area contributed by atoms with Crippen LogP contribution < -0.4 is 5.73 Å². The second-order valence-electron chi connectivity index (χ2n) is 5.47. The van der Waals surface area contributed by atoms with E-state index in [1.807, 2.05) is 30.0 Å². The van der Waals surface area contributed by atoms with Crippen LogP contribution in [0.15, 0.2) is 22.7 Å². The smallest absolute Gasteiger partial charge is 0.253 e.